The third-order valence-corrected chi connectivity index (χ3v) is 13.9. The van der Waals surface area contributed by atoms with E-state index < -0.39 is 17.6 Å². The van der Waals surface area contributed by atoms with Crippen LogP contribution in [0.5, 0.6) is 17.2 Å². The lowest BCUT2D eigenvalue weighted by Gasteiger charge is -2.31. The number of aromatic hydroxyl groups is 1. The Bertz CT molecular complexity index is 2500. The average molecular weight is 866 g/mol. The first kappa shape index (κ1) is 44.9. The Morgan fingerprint density at radius 2 is 1.84 bits per heavy atom. The van der Waals surface area contributed by atoms with Gasteiger partial charge in [0.05, 0.1) is 25.2 Å². The zero-order valence-electron chi connectivity index (χ0n) is 37.5. The van der Waals surface area contributed by atoms with E-state index in [-0.39, 0.29) is 54.7 Å². The second-order valence-corrected chi connectivity index (χ2v) is 18.5. The van der Waals surface area contributed by atoms with Crippen LogP contribution in [0.25, 0.3) is 16.8 Å². The summed E-state index contributed by atoms with van der Waals surface area (Å²) >= 11 is 0. The van der Waals surface area contributed by atoms with Crippen molar-refractivity contribution in [2.75, 3.05) is 19.0 Å². The number of carbonyl (C=O) groups excluding carboxylic acids is 1. The molecule has 0 amide bonds. The van der Waals surface area contributed by atoms with Crippen LogP contribution in [0, 0.1) is 23.9 Å². The van der Waals surface area contributed by atoms with Gasteiger partial charge >= 0.3 is 0 Å². The molecule has 1 saturated carbocycles. The fourth-order valence-electron chi connectivity index (χ4n) is 10.5. The molecule has 4 aromatic rings. The second-order valence-electron chi connectivity index (χ2n) is 18.5. The number of methoxy groups -OCH3 is 1. The number of ether oxygens (including phenoxy) is 3. The molecular formula is C55H63NO8. The third-order valence-electron chi connectivity index (χ3n) is 13.9. The number of phenolic OH excluding ortho intramolecular Hbond substituents is 1. The van der Waals surface area contributed by atoms with Crippen LogP contribution in [-0.4, -0.2) is 52.1 Å². The quantitative estimate of drug-likeness (QED) is 0.0696. The first-order valence-electron chi connectivity index (χ1n) is 23.3. The van der Waals surface area contributed by atoms with Gasteiger partial charge in [-0.2, -0.15) is 0 Å². The normalized spacial score (nSPS) is 21.9. The smallest absolute Gasteiger partial charge is 0.161 e. The van der Waals surface area contributed by atoms with Crippen molar-refractivity contribution in [3.63, 3.8) is 0 Å². The number of ketones is 1. The molecule has 5 aliphatic rings. The maximum absolute atomic E-state index is 13.9. The molecule has 0 aromatic heterocycles. The fourth-order valence-corrected chi connectivity index (χ4v) is 10.5. The van der Waals surface area contributed by atoms with Crippen molar-refractivity contribution >= 4 is 28.3 Å². The summed E-state index contributed by atoms with van der Waals surface area (Å²) in [6.45, 7) is 4.37. The molecule has 9 nitrogen and oxygen atoms in total. The number of aliphatic hydroxyl groups is 3. The molecule has 1 fully saturated rings. The van der Waals surface area contributed by atoms with Crippen LogP contribution >= 0.6 is 0 Å². The van der Waals surface area contributed by atoms with Gasteiger partial charge in [-0.25, -0.2) is 0 Å². The molecule has 1 spiro atoms. The van der Waals surface area contributed by atoms with Gasteiger partial charge in [0.1, 0.15) is 36.1 Å². The number of hydrogen-bond acceptors (Lipinski definition) is 9. The SMILES string of the molecule is COc1ccc2cc1OCc1c(CO)cc3c(c(O)cc4c3c1C=CC4C)C1(C#COC(CC3C=C(O)C=CC3CCCCc3cccc(NCC(C)O)c3)CC(=O)CC2)CCCC1. The van der Waals surface area contributed by atoms with Crippen LogP contribution in [0.1, 0.15) is 123 Å². The predicted octanol–water partition coefficient (Wildman–Crippen LogP) is 10.7. The van der Waals surface area contributed by atoms with E-state index in [9.17, 15) is 25.2 Å². The van der Waals surface area contributed by atoms with Crippen molar-refractivity contribution in [3.05, 3.63) is 124 Å². The number of aliphatic hydroxyl groups excluding tert-OH is 3. The summed E-state index contributed by atoms with van der Waals surface area (Å²) in [7, 11) is 1.61. The van der Waals surface area contributed by atoms with Crippen LogP contribution in [0.4, 0.5) is 5.69 Å². The zero-order chi connectivity index (χ0) is 44.8. The lowest BCUT2D eigenvalue weighted by molar-refractivity contribution is -0.121. The first-order valence-corrected chi connectivity index (χ1v) is 23.3. The Morgan fingerprint density at radius 1 is 1.00 bits per heavy atom. The molecule has 9 rings (SSSR count). The van der Waals surface area contributed by atoms with Crippen molar-refractivity contribution < 1.29 is 39.4 Å². The predicted molar refractivity (Wildman–Crippen MR) is 253 cm³/mol. The van der Waals surface area contributed by atoms with E-state index >= 15 is 0 Å². The standard InChI is InChI=1S/C55H63NO8/c1-35-13-19-46-49-34-64-52-26-38(15-20-51(52)62-3)14-17-44(60)30-45(63-24-23-55(21-6-7-22-55)54-48(29-41(49)33-57)53(46)47(35)31-50(54)61)28-40-27-43(59)18-16-39(40)11-5-4-9-37-10-8-12-42(25-37)56-32-36(2)58/h8,10,12-13,15-16,18-20,25-27,29,31,35-36,39-40,45,56-59,61H,4-7,9,11,14,17,21-22,28,30,32-34H2,1-3H3. The van der Waals surface area contributed by atoms with Crippen molar-refractivity contribution in [1.29, 1.82) is 0 Å². The van der Waals surface area contributed by atoms with Gasteiger partial charge < -0.3 is 40.0 Å². The summed E-state index contributed by atoms with van der Waals surface area (Å²) in [5, 5.41) is 48.6. The Labute approximate surface area is 377 Å². The van der Waals surface area contributed by atoms with Gasteiger partial charge in [-0.3, -0.25) is 4.79 Å². The Hall–Kier alpha value is -5.69. The summed E-state index contributed by atoms with van der Waals surface area (Å²) < 4.78 is 18.8. The van der Waals surface area contributed by atoms with Crippen molar-refractivity contribution in [2.24, 2.45) is 11.8 Å². The highest BCUT2D eigenvalue weighted by molar-refractivity contribution is 6.01. The largest absolute Gasteiger partial charge is 0.508 e. The number of carbonyl (C=O) groups is 1. The van der Waals surface area contributed by atoms with E-state index in [1.165, 1.54) is 5.56 Å². The number of allylic oxidation sites excluding steroid dienone is 4. The number of nitrogens with one attached hydrogen (secondary N) is 1. The number of aryl methyl sites for hydroxylation is 2. The highest BCUT2D eigenvalue weighted by Gasteiger charge is 2.40. The Morgan fingerprint density at radius 3 is 2.64 bits per heavy atom. The molecular weight excluding hydrogens is 803 g/mol. The molecule has 6 bridgehead atoms. The van der Waals surface area contributed by atoms with Crippen LogP contribution in [-0.2, 0) is 41.0 Å². The molecule has 4 aromatic carbocycles. The van der Waals surface area contributed by atoms with E-state index in [1.807, 2.05) is 48.5 Å². The summed E-state index contributed by atoms with van der Waals surface area (Å²) in [5.41, 5.74) is 6.82. The molecule has 0 radical (unpaired) electrons. The highest BCUT2D eigenvalue weighted by atomic mass is 16.5. The van der Waals surface area contributed by atoms with Gasteiger partial charge in [0.2, 0.25) is 0 Å². The molecule has 64 heavy (non-hydrogen) atoms. The van der Waals surface area contributed by atoms with Crippen LogP contribution in [0.15, 0.2) is 84.7 Å². The van der Waals surface area contributed by atoms with Crippen LogP contribution < -0.4 is 14.8 Å². The number of hydrogen-bond donors (Lipinski definition) is 5. The number of fused-ring (bicyclic) bond motifs is 8. The third kappa shape index (κ3) is 9.99. The van der Waals surface area contributed by atoms with Gasteiger partial charge in [0, 0.05) is 42.1 Å². The number of anilines is 1. The molecule has 5 atom stereocenters. The minimum atomic E-state index is -0.708. The summed E-state index contributed by atoms with van der Waals surface area (Å²) in [5.74, 6) is 5.30. The molecule has 0 saturated heterocycles. The van der Waals surface area contributed by atoms with Gasteiger partial charge in [-0.1, -0.05) is 62.6 Å². The maximum atomic E-state index is 13.9. The van der Waals surface area contributed by atoms with Crippen LogP contribution in [0.2, 0.25) is 0 Å². The minimum Gasteiger partial charge on any atom is -0.508 e. The monoisotopic (exact) mass is 865 g/mol. The molecule has 9 heteroatoms. The summed E-state index contributed by atoms with van der Waals surface area (Å²) in [6.07, 6.45) is 20.9. The maximum Gasteiger partial charge on any atom is 0.161 e. The number of Topliss-reactive ketones (excluding diaryl/α,β-unsaturated/α-hetero) is 1. The van der Waals surface area contributed by atoms with Crippen molar-refractivity contribution in [1.82, 2.24) is 0 Å². The minimum absolute atomic E-state index is 0.0581. The highest BCUT2D eigenvalue weighted by Crippen LogP contribution is 2.51. The van der Waals surface area contributed by atoms with Gasteiger partial charge in [-0.15, -0.1) is 0 Å². The zero-order valence-corrected chi connectivity index (χ0v) is 37.5. The fraction of sp³-hybridized carbons (Fsp3) is 0.436. The van der Waals surface area contributed by atoms with Gasteiger partial charge in [0.15, 0.2) is 11.5 Å². The number of unbranched alkanes of at least 4 members (excludes halogenated alkanes) is 1. The molecule has 5 unspecified atom stereocenters. The molecule has 2 aliphatic heterocycles. The van der Waals surface area contributed by atoms with E-state index in [1.54, 1.807) is 20.1 Å². The lowest BCUT2D eigenvalue weighted by atomic mass is 9.73. The van der Waals surface area contributed by atoms with E-state index in [0.717, 1.165) is 101 Å². The number of benzene rings is 4. The van der Waals surface area contributed by atoms with Gasteiger partial charge in [0.25, 0.3) is 0 Å². The van der Waals surface area contributed by atoms with E-state index in [2.05, 4.69) is 54.6 Å². The first-order chi connectivity index (χ1) is 31.0. The Kier molecular flexibility index (Phi) is 14.0. The number of phenols is 1. The van der Waals surface area contributed by atoms with Crippen molar-refractivity contribution in [2.45, 2.75) is 128 Å². The average Bonchev–Trinajstić information content (AvgIpc) is 3.76. The van der Waals surface area contributed by atoms with Gasteiger partial charge in [-0.05, 0) is 157 Å². The molecule has 336 valence electrons. The van der Waals surface area contributed by atoms with Crippen molar-refractivity contribution in [3.8, 4) is 29.3 Å². The Balaban J connectivity index is 1.11. The molecule has 3 aliphatic carbocycles. The molecule has 2 heterocycles. The number of rotatable bonds is 12. The lowest BCUT2D eigenvalue weighted by Crippen LogP contribution is -2.25. The topological polar surface area (TPSA) is 138 Å². The summed E-state index contributed by atoms with van der Waals surface area (Å²) in [4.78, 5) is 13.9. The van der Waals surface area contributed by atoms with Crippen LogP contribution in [0.3, 0.4) is 0 Å². The van der Waals surface area contributed by atoms with E-state index in [4.69, 9.17) is 14.2 Å². The van der Waals surface area contributed by atoms with E-state index in [0.29, 0.717) is 37.3 Å². The summed E-state index contributed by atoms with van der Waals surface area (Å²) in [6, 6.07) is 18.0. The molecule has 5 N–H and O–H groups in total. The second kappa shape index (κ2) is 20.0.